The standard InChI is InChI=1S/C10H23NO.C2H6/c1-9(6-7-12-5)10(2)8-11(3)4;1-2/h9-10H,6-8H2,1-5H3;1-2H3. The summed E-state index contributed by atoms with van der Waals surface area (Å²) in [5.74, 6) is 1.52. The Morgan fingerprint density at radius 1 is 1.07 bits per heavy atom. The van der Waals surface area contributed by atoms with Gasteiger partial charge in [-0.15, -0.1) is 0 Å². The maximum Gasteiger partial charge on any atom is 0.0464 e. The van der Waals surface area contributed by atoms with Gasteiger partial charge in [0, 0.05) is 20.3 Å². The molecule has 0 saturated heterocycles. The number of methoxy groups -OCH3 is 1. The summed E-state index contributed by atoms with van der Waals surface area (Å²) in [7, 11) is 6.02. The molecular formula is C12H29NO. The van der Waals surface area contributed by atoms with Gasteiger partial charge in [-0.3, -0.25) is 0 Å². The highest BCUT2D eigenvalue weighted by Crippen LogP contribution is 2.15. The highest BCUT2D eigenvalue weighted by molar-refractivity contribution is 4.63. The molecule has 0 amide bonds. The van der Waals surface area contributed by atoms with Crippen molar-refractivity contribution in [1.29, 1.82) is 0 Å². The van der Waals surface area contributed by atoms with Crippen molar-refractivity contribution in [2.45, 2.75) is 34.1 Å². The van der Waals surface area contributed by atoms with Gasteiger partial charge in [-0.05, 0) is 32.4 Å². The third-order valence-electron chi connectivity index (χ3n) is 2.40. The molecule has 0 saturated carbocycles. The maximum absolute atomic E-state index is 5.05. The molecule has 14 heavy (non-hydrogen) atoms. The van der Waals surface area contributed by atoms with E-state index in [4.69, 9.17) is 4.74 Å². The zero-order chi connectivity index (χ0) is 11.6. The number of hydrogen-bond donors (Lipinski definition) is 0. The summed E-state index contributed by atoms with van der Waals surface area (Å²) in [5, 5.41) is 0. The lowest BCUT2D eigenvalue weighted by molar-refractivity contribution is 0.160. The van der Waals surface area contributed by atoms with Crippen LogP contribution < -0.4 is 0 Å². The normalized spacial score (nSPS) is 14.6. The third kappa shape index (κ3) is 10.0. The fourth-order valence-electron chi connectivity index (χ4n) is 1.34. The summed E-state index contributed by atoms with van der Waals surface area (Å²) in [6.07, 6.45) is 1.17. The topological polar surface area (TPSA) is 12.5 Å². The van der Waals surface area contributed by atoms with Gasteiger partial charge < -0.3 is 9.64 Å². The van der Waals surface area contributed by atoms with Crippen LogP contribution in [0.25, 0.3) is 0 Å². The minimum Gasteiger partial charge on any atom is -0.385 e. The largest absolute Gasteiger partial charge is 0.385 e. The van der Waals surface area contributed by atoms with Crippen molar-refractivity contribution in [1.82, 2.24) is 4.90 Å². The summed E-state index contributed by atoms with van der Waals surface area (Å²) in [4.78, 5) is 2.24. The lowest BCUT2D eigenvalue weighted by Crippen LogP contribution is -2.24. The van der Waals surface area contributed by atoms with Crippen LogP contribution in [0.3, 0.4) is 0 Å². The first kappa shape index (κ1) is 16.4. The molecule has 0 rings (SSSR count). The average Bonchev–Trinajstić information content (AvgIpc) is 2.16. The number of rotatable bonds is 6. The summed E-state index contributed by atoms with van der Waals surface area (Å²) in [6, 6.07) is 0. The van der Waals surface area contributed by atoms with Crippen molar-refractivity contribution < 1.29 is 4.74 Å². The minimum absolute atomic E-state index is 0.757. The predicted molar refractivity (Wildman–Crippen MR) is 64.7 cm³/mol. The quantitative estimate of drug-likeness (QED) is 0.658. The lowest BCUT2D eigenvalue weighted by atomic mass is 9.93. The molecule has 2 atom stereocenters. The molecule has 2 heteroatoms. The highest BCUT2D eigenvalue weighted by Gasteiger charge is 2.12. The molecule has 2 unspecified atom stereocenters. The first-order valence-corrected chi connectivity index (χ1v) is 5.71. The molecule has 0 aromatic heterocycles. The van der Waals surface area contributed by atoms with Gasteiger partial charge in [0.05, 0.1) is 0 Å². The van der Waals surface area contributed by atoms with Gasteiger partial charge in [0.2, 0.25) is 0 Å². The second-order valence-electron chi connectivity index (χ2n) is 4.00. The van der Waals surface area contributed by atoms with E-state index in [-0.39, 0.29) is 0 Å². The van der Waals surface area contributed by atoms with Crippen molar-refractivity contribution in [3.05, 3.63) is 0 Å². The monoisotopic (exact) mass is 203 g/mol. The van der Waals surface area contributed by atoms with E-state index in [0.717, 1.165) is 18.4 Å². The van der Waals surface area contributed by atoms with Crippen LogP contribution in [0.4, 0.5) is 0 Å². The van der Waals surface area contributed by atoms with Gasteiger partial charge in [0.15, 0.2) is 0 Å². The van der Waals surface area contributed by atoms with E-state index < -0.39 is 0 Å². The molecule has 0 fully saturated rings. The number of ether oxygens (including phenoxy) is 1. The number of hydrogen-bond acceptors (Lipinski definition) is 2. The molecule has 0 radical (unpaired) electrons. The molecule has 0 aromatic carbocycles. The van der Waals surface area contributed by atoms with Gasteiger partial charge in [-0.2, -0.15) is 0 Å². The van der Waals surface area contributed by atoms with Crippen LogP contribution in [-0.2, 0) is 4.74 Å². The first-order valence-electron chi connectivity index (χ1n) is 5.71. The molecule has 0 aliphatic heterocycles. The molecule has 0 aliphatic carbocycles. The van der Waals surface area contributed by atoms with Crippen LogP contribution in [0.2, 0.25) is 0 Å². The molecule has 0 aromatic rings. The Hall–Kier alpha value is -0.0800. The van der Waals surface area contributed by atoms with Crippen LogP contribution in [0.15, 0.2) is 0 Å². The van der Waals surface area contributed by atoms with E-state index in [1.54, 1.807) is 7.11 Å². The summed E-state index contributed by atoms with van der Waals surface area (Å²) < 4.78 is 5.05. The van der Waals surface area contributed by atoms with E-state index in [1.165, 1.54) is 13.0 Å². The average molecular weight is 203 g/mol. The van der Waals surface area contributed by atoms with Crippen molar-refractivity contribution in [3.63, 3.8) is 0 Å². The Morgan fingerprint density at radius 2 is 1.57 bits per heavy atom. The van der Waals surface area contributed by atoms with Crippen molar-refractivity contribution in [2.24, 2.45) is 11.8 Å². The Kier molecular flexibility index (Phi) is 12.8. The molecule has 0 heterocycles. The highest BCUT2D eigenvalue weighted by atomic mass is 16.5. The van der Waals surface area contributed by atoms with E-state index in [9.17, 15) is 0 Å². The molecule has 0 N–H and O–H groups in total. The Morgan fingerprint density at radius 3 is 1.93 bits per heavy atom. The third-order valence-corrected chi connectivity index (χ3v) is 2.40. The van der Waals surface area contributed by atoms with Crippen LogP contribution in [0, 0.1) is 11.8 Å². The fraction of sp³-hybridized carbons (Fsp3) is 1.00. The van der Waals surface area contributed by atoms with Gasteiger partial charge in [0.1, 0.15) is 0 Å². The minimum atomic E-state index is 0.757. The van der Waals surface area contributed by atoms with Crippen LogP contribution in [0.5, 0.6) is 0 Å². The molecular weight excluding hydrogens is 174 g/mol. The fourth-order valence-corrected chi connectivity index (χ4v) is 1.34. The van der Waals surface area contributed by atoms with Gasteiger partial charge in [0.25, 0.3) is 0 Å². The van der Waals surface area contributed by atoms with E-state index in [2.05, 4.69) is 32.8 Å². The molecule has 0 aliphatic rings. The van der Waals surface area contributed by atoms with Gasteiger partial charge >= 0.3 is 0 Å². The smallest absolute Gasteiger partial charge is 0.0464 e. The van der Waals surface area contributed by atoms with Gasteiger partial charge in [-0.25, -0.2) is 0 Å². The second kappa shape index (κ2) is 11.0. The van der Waals surface area contributed by atoms with Gasteiger partial charge in [-0.1, -0.05) is 27.7 Å². The molecule has 0 spiro atoms. The summed E-state index contributed by atoms with van der Waals surface area (Å²) >= 11 is 0. The van der Waals surface area contributed by atoms with Crippen LogP contribution in [0.1, 0.15) is 34.1 Å². The second-order valence-corrected chi connectivity index (χ2v) is 4.00. The SMILES string of the molecule is CC.COCCC(C)C(C)CN(C)C. The van der Waals surface area contributed by atoms with Crippen molar-refractivity contribution in [3.8, 4) is 0 Å². The van der Waals surface area contributed by atoms with Crippen molar-refractivity contribution >= 4 is 0 Å². The Labute approximate surface area is 90.6 Å². The number of nitrogens with zero attached hydrogens (tertiary/aromatic N) is 1. The predicted octanol–water partition coefficient (Wildman–Crippen LogP) is 2.88. The van der Waals surface area contributed by atoms with Crippen LogP contribution >= 0.6 is 0 Å². The first-order chi connectivity index (χ1) is 6.57. The molecule has 88 valence electrons. The van der Waals surface area contributed by atoms with E-state index >= 15 is 0 Å². The Balaban J connectivity index is 0. The van der Waals surface area contributed by atoms with E-state index in [1.807, 2.05) is 13.8 Å². The van der Waals surface area contributed by atoms with E-state index in [0.29, 0.717) is 0 Å². The van der Waals surface area contributed by atoms with Crippen LogP contribution in [-0.4, -0.2) is 39.3 Å². The Bertz CT molecular complexity index is 104. The molecule has 0 bridgehead atoms. The molecule has 2 nitrogen and oxygen atoms in total. The van der Waals surface area contributed by atoms with Crippen molar-refractivity contribution in [2.75, 3.05) is 34.4 Å². The lowest BCUT2D eigenvalue weighted by Gasteiger charge is -2.22. The zero-order valence-corrected chi connectivity index (χ0v) is 11.1. The zero-order valence-electron chi connectivity index (χ0n) is 11.1. The summed E-state index contributed by atoms with van der Waals surface area (Å²) in [6.45, 7) is 10.7. The summed E-state index contributed by atoms with van der Waals surface area (Å²) in [5.41, 5.74) is 0. The maximum atomic E-state index is 5.05.